The molecule has 26 heavy (non-hydrogen) atoms. The number of nitrogen functional groups attached to an aromatic ring is 1. The second-order valence-corrected chi connectivity index (χ2v) is 5.89. The third kappa shape index (κ3) is 4.87. The van der Waals surface area contributed by atoms with E-state index < -0.39 is 0 Å². The van der Waals surface area contributed by atoms with Gasteiger partial charge in [0.05, 0.1) is 17.9 Å². The molecule has 0 radical (unpaired) electrons. The lowest BCUT2D eigenvalue weighted by atomic mass is 10.2. The maximum Gasteiger partial charge on any atom is 0.350 e. The highest BCUT2D eigenvalue weighted by molar-refractivity contribution is 5.63. The first-order chi connectivity index (χ1) is 12.7. The Labute approximate surface area is 153 Å². The van der Waals surface area contributed by atoms with E-state index in [2.05, 4.69) is 15.5 Å². The van der Waals surface area contributed by atoms with Gasteiger partial charge in [0.15, 0.2) is 0 Å². The van der Waals surface area contributed by atoms with E-state index in [9.17, 15) is 0 Å². The SMILES string of the molecule is NCCC[n+]1ccccc1N=Nc1ccc(Nc2ccc(N)cc2)cc1. The standard InChI is InChI=1S/C20H22N6/c21-13-3-15-26-14-2-1-4-20(26)25-24-19-11-9-18(10-12-19)23-17-7-5-16(22)6-8-17/h1-2,4-12,14H,3,13,15,21H2,(H2,22,24)/p+1. The van der Waals surface area contributed by atoms with Crippen LogP contribution in [0.1, 0.15) is 6.42 Å². The van der Waals surface area contributed by atoms with Crippen molar-refractivity contribution in [1.29, 1.82) is 0 Å². The first kappa shape index (κ1) is 17.6. The highest BCUT2D eigenvalue weighted by atomic mass is 15.2. The quantitative estimate of drug-likeness (QED) is 0.342. The van der Waals surface area contributed by atoms with Gasteiger partial charge in [-0.3, -0.25) is 0 Å². The lowest BCUT2D eigenvalue weighted by Gasteiger charge is -2.06. The van der Waals surface area contributed by atoms with Crippen molar-refractivity contribution in [3.05, 3.63) is 72.9 Å². The molecule has 0 aliphatic rings. The Balaban J connectivity index is 1.67. The largest absolute Gasteiger partial charge is 0.399 e. The summed E-state index contributed by atoms with van der Waals surface area (Å²) in [5.41, 5.74) is 14.8. The van der Waals surface area contributed by atoms with Gasteiger partial charge >= 0.3 is 5.82 Å². The average molecular weight is 347 g/mol. The van der Waals surface area contributed by atoms with Crippen LogP contribution in [0, 0.1) is 0 Å². The van der Waals surface area contributed by atoms with Crippen molar-refractivity contribution >= 4 is 28.6 Å². The van der Waals surface area contributed by atoms with E-state index in [1.807, 2.05) is 77.5 Å². The van der Waals surface area contributed by atoms with Crippen molar-refractivity contribution < 1.29 is 4.57 Å². The molecule has 0 bridgehead atoms. The Bertz CT molecular complexity index is 856. The van der Waals surface area contributed by atoms with E-state index in [1.165, 1.54) is 0 Å². The number of hydrogen-bond donors (Lipinski definition) is 3. The first-order valence-corrected chi connectivity index (χ1v) is 8.57. The van der Waals surface area contributed by atoms with Crippen molar-refractivity contribution in [2.24, 2.45) is 16.0 Å². The summed E-state index contributed by atoms with van der Waals surface area (Å²) in [5.74, 6) is 0.810. The lowest BCUT2D eigenvalue weighted by Crippen LogP contribution is -2.34. The molecule has 2 aromatic carbocycles. The molecule has 0 amide bonds. The van der Waals surface area contributed by atoms with Crippen molar-refractivity contribution in [3.8, 4) is 0 Å². The molecular weight excluding hydrogens is 324 g/mol. The zero-order chi connectivity index (χ0) is 18.2. The summed E-state index contributed by atoms with van der Waals surface area (Å²) < 4.78 is 2.05. The predicted molar refractivity (Wildman–Crippen MR) is 105 cm³/mol. The van der Waals surface area contributed by atoms with Crippen LogP contribution in [0.2, 0.25) is 0 Å². The van der Waals surface area contributed by atoms with Gasteiger partial charge in [0.2, 0.25) is 0 Å². The molecule has 3 aromatic rings. The number of azo groups is 1. The molecule has 1 heterocycles. The Morgan fingerprint density at radius 3 is 2.23 bits per heavy atom. The smallest absolute Gasteiger partial charge is 0.350 e. The molecule has 0 atom stereocenters. The Hall–Kier alpha value is -3.25. The number of nitrogens with zero attached hydrogens (tertiary/aromatic N) is 3. The predicted octanol–water partition coefficient (Wildman–Crippen LogP) is 4.06. The number of nitrogens with one attached hydrogen (secondary N) is 1. The van der Waals surface area contributed by atoms with Crippen molar-refractivity contribution in [2.75, 3.05) is 17.6 Å². The molecule has 0 saturated carbocycles. The van der Waals surface area contributed by atoms with Gasteiger partial charge in [-0.15, -0.1) is 0 Å². The minimum Gasteiger partial charge on any atom is -0.399 e. The van der Waals surface area contributed by atoms with Crippen LogP contribution in [-0.2, 0) is 6.54 Å². The third-order valence-corrected chi connectivity index (χ3v) is 3.85. The van der Waals surface area contributed by atoms with Gasteiger partial charge in [0.25, 0.3) is 0 Å². The summed E-state index contributed by atoms with van der Waals surface area (Å²) in [6, 6.07) is 21.3. The number of rotatable bonds is 7. The van der Waals surface area contributed by atoms with Crippen molar-refractivity contribution in [2.45, 2.75) is 13.0 Å². The molecule has 0 unspecified atom stereocenters. The molecule has 1 aromatic heterocycles. The molecule has 0 aliphatic carbocycles. The maximum absolute atomic E-state index is 5.70. The Kier molecular flexibility index (Phi) is 5.90. The van der Waals surface area contributed by atoms with Gasteiger partial charge in [0, 0.05) is 23.1 Å². The number of anilines is 3. The topological polar surface area (TPSA) is 92.7 Å². The number of pyridine rings is 1. The fourth-order valence-electron chi connectivity index (χ4n) is 2.46. The zero-order valence-corrected chi connectivity index (χ0v) is 14.5. The minimum absolute atomic E-state index is 0.654. The Morgan fingerprint density at radius 2 is 1.54 bits per heavy atom. The van der Waals surface area contributed by atoms with Gasteiger partial charge in [0.1, 0.15) is 5.69 Å². The summed E-state index contributed by atoms with van der Waals surface area (Å²) in [6.07, 6.45) is 2.90. The minimum atomic E-state index is 0.654. The van der Waals surface area contributed by atoms with E-state index in [0.29, 0.717) is 6.54 Å². The fraction of sp³-hybridized carbons (Fsp3) is 0.150. The summed E-state index contributed by atoms with van der Waals surface area (Å²) in [6.45, 7) is 1.48. The summed E-state index contributed by atoms with van der Waals surface area (Å²) in [5, 5.41) is 12.0. The van der Waals surface area contributed by atoms with Crippen LogP contribution in [0.15, 0.2) is 83.2 Å². The number of nitrogens with two attached hydrogens (primary N) is 2. The van der Waals surface area contributed by atoms with Crippen molar-refractivity contribution in [3.63, 3.8) is 0 Å². The molecule has 0 fully saturated rings. The van der Waals surface area contributed by atoms with Crippen LogP contribution < -0.4 is 21.4 Å². The van der Waals surface area contributed by atoms with E-state index in [4.69, 9.17) is 11.5 Å². The number of aromatic nitrogens is 1. The van der Waals surface area contributed by atoms with E-state index in [-0.39, 0.29) is 0 Å². The maximum atomic E-state index is 5.70. The van der Waals surface area contributed by atoms with Crippen molar-refractivity contribution in [1.82, 2.24) is 0 Å². The molecule has 3 rings (SSSR count). The molecule has 0 saturated heterocycles. The van der Waals surface area contributed by atoms with Gasteiger partial charge in [-0.1, -0.05) is 6.07 Å². The third-order valence-electron chi connectivity index (χ3n) is 3.85. The molecule has 6 heteroatoms. The second-order valence-electron chi connectivity index (χ2n) is 5.89. The van der Waals surface area contributed by atoms with Crippen LogP contribution in [0.3, 0.4) is 0 Å². The summed E-state index contributed by atoms with van der Waals surface area (Å²) >= 11 is 0. The lowest BCUT2D eigenvalue weighted by molar-refractivity contribution is -0.684. The monoisotopic (exact) mass is 347 g/mol. The summed E-state index contributed by atoms with van der Waals surface area (Å²) in [4.78, 5) is 0. The van der Waals surface area contributed by atoms with E-state index in [0.717, 1.165) is 41.5 Å². The van der Waals surface area contributed by atoms with Crippen LogP contribution in [-0.4, -0.2) is 6.54 Å². The fourth-order valence-corrected chi connectivity index (χ4v) is 2.46. The molecule has 0 spiro atoms. The number of hydrogen-bond acceptors (Lipinski definition) is 5. The number of aryl methyl sites for hydroxylation is 1. The highest BCUT2D eigenvalue weighted by Gasteiger charge is 2.08. The zero-order valence-electron chi connectivity index (χ0n) is 14.5. The van der Waals surface area contributed by atoms with Crippen LogP contribution in [0.5, 0.6) is 0 Å². The van der Waals surface area contributed by atoms with Crippen LogP contribution in [0.4, 0.5) is 28.6 Å². The van der Waals surface area contributed by atoms with Gasteiger partial charge in [-0.2, -0.15) is 0 Å². The van der Waals surface area contributed by atoms with E-state index >= 15 is 0 Å². The highest BCUT2D eigenvalue weighted by Crippen LogP contribution is 2.22. The first-order valence-electron chi connectivity index (χ1n) is 8.57. The molecule has 132 valence electrons. The van der Waals surface area contributed by atoms with Gasteiger partial charge < -0.3 is 16.8 Å². The van der Waals surface area contributed by atoms with Gasteiger partial charge in [-0.05, 0) is 72.7 Å². The Morgan fingerprint density at radius 1 is 0.846 bits per heavy atom. The van der Waals surface area contributed by atoms with Crippen LogP contribution >= 0.6 is 0 Å². The molecule has 5 N–H and O–H groups in total. The molecule has 6 nitrogen and oxygen atoms in total. The molecular formula is C20H23N6+. The number of benzene rings is 2. The van der Waals surface area contributed by atoms with Crippen LogP contribution in [0.25, 0.3) is 0 Å². The van der Waals surface area contributed by atoms with E-state index in [1.54, 1.807) is 0 Å². The molecule has 0 aliphatic heterocycles. The summed E-state index contributed by atoms with van der Waals surface area (Å²) in [7, 11) is 0. The van der Waals surface area contributed by atoms with Gasteiger partial charge in [-0.25, -0.2) is 4.57 Å². The normalized spacial score (nSPS) is 11.0. The second kappa shape index (κ2) is 8.73. The average Bonchev–Trinajstić information content (AvgIpc) is 2.68.